The molecule has 0 aliphatic rings. The van der Waals surface area contributed by atoms with Gasteiger partial charge in [0.2, 0.25) is 0 Å². The second-order valence-corrected chi connectivity index (χ2v) is 6.36. The molecule has 2 heterocycles. The number of nitrogens with zero attached hydrogens (tertiary/aromatic N) is 2. The summed E-state index contributed by atoms with van der Waals surface area (Å²) in [6.07, 6.45) is 1.56. The fourth-order valence-corrected chi connectivity index (χ4v) is 3.73. The molecular weight excluding hydrogens is 296 g/mol. The van der Waals surface area contributed by atoms with Crippen LogP contribution in [0.5, 0.6) is 0 Å². The topological polar surface area (TPSA) is 54.6 Å². The van der Waals surface area contributed by atoms with Gasteiger partial charge in [0.25, 0.3) is 0 Å². The second-order valence-electron chi connectivity index (χ2n) is 5.52. The molecule has 0 radical (unpaired) electrons. The van der Waals surface area contributed by atoms with Crippen molar-refractivity contribution < 1.29 is 9.90 Å². The number of carboxylic acids is 1. The summed E-state index contributed by atoms with van der Waals surface area (Å²) in [5, 5.41) is 11.6. The average Bonchev–Trinajstić information content (AvgIpc) is 2.98. The van der Waals surface area contributed by atoms with E-state index >= 15 is 0 Å². The van der Waals surface area contributed by atoms with Gasteiger partial charge in [0.1, 0.15) is 0 Å². The van der Waals surface area contributed by atoms with E-state index in [1.54, 1.807) is 4.40 Å². The first-order valence-electron chi connectivity index (χ1n) is 7.32. The van der Waals surface area contributed by atoms with Crippen molar-refractivity contribution in [3.63, 3.8) is 0 Å². The van der Waals surface area contributed by atoms with E-state index in [1.165, 1.54) is 16.9 Å². The number of carbonyl (C=O) groups is 1. The quantitative estimate of drug-likeness (QED) is 0.780. The van der Waals surface area contributed by atoms with E-state index in [-0.39, 0.29) is 0 Å². The Morgan fingerprint density at radius 2 is 2.14 bits per heavy atom. The lowest BCUT2D eigenvalue weighted by Gasteiger charge is -2.07. The SMILES string of the molecule is CCCc1nc2scc(-c3ccc(C)cc3C)n2c1C(=O)O. The summed E-state index contributed by atoms with van der Waals surface area (Å²) in [5.74, 6) is -0.916. The fraction of sp³-hybridized carbons (Fsp3) is 0.294. The summed E-state index contributed by atoms with van der Waals surface area (Å²) < 4.78 is 1.79. The van der Waals surface area contributed by atoms with Crippen LogP contribution in [0.1, 0.15) is 40.7 Å². The predicted octanol–water partition coefficient (Wildman–Crippen LogP) is 4.33. The minimum absolute atomic E-state index is 0.299. The molecule has 0 atom stereocenters. The Kier molecular flexibility index (Phi) is 3.74. The molecule has 0 fully saturated rings. The maximum Gasteiger partial charge on any atom is 0.354 e. The van der Waals surface area contributed by atoms with Gasteiger partial charge in [-0.25, -0.2) is 9.78 Å². The van der Waals surface area contributed by atoms with E-state index in [0.717, 1.165) is 28.2 Å². The van der Waals surface area contributed by atoms with Gasteiger partial charge < -0.3 is 5.11 Å². The van der Waals surface area contributed by atoms with E-state index in [9.17, 15) is 9.90 Å². The van der Waals surface area contributed by atoms with E-state index in [1.807, 2.05) is 12.3 Å². The molecule has 3 aromatic rings. The Morgan fingerprint density at radius 1 is 1.36 bits per heavy atom. The minimum Gasteiger partial charge on any atom is -0.477 e. The highest BCUT2D eigenvalue weighted by molar-refractivity contribution is 7.15. The van der Waals surface area contributed by atoms with E-state index in [4.69, 9.17) is 0 Å². The molecule has 1 aromatic carbocycles. The summed E-state index contributed by atoms with van der Waals surface area (Å²) >= 11 is 1.49. The normalized spacial score (nSPS) is 11.2. The molecule has 0 aliphatic carbocycles. The lowest BCUT2D eigenvalue weighted by molar-refractivity contribution is 0.0688. The molecule has 0 aliphatic heterocycles. The van der Waals surface area contributed by atoms with Gasteiger partial charge in [-0.05, 0) is 25.8 Å². The molecule has 2 aromatic heterocycles. The lowest BCUT2D eigenvalue weighted by Crippen LogP contribution is -2.06. The fourth-order valence-electron chi connectivity index (χ4n) is 2.82. The maximum absolute atomic E-state index is 11.7. The van der Waals surface area contributed by atoms with Crippen molar-refractivity contribution in [3.05, 3.63) is 46.1 Å². The number of fused-ring (bicyclic) bond motifs is 1. The zero-order valence-electron chi connectivity index (χ0n) is 12.9. The van der Waals surface area contributed by atoms with Crippen LogP contribution in [-0.2, 0) is 6.42 Å². The van der Waals surface area contributed by atoms with Crippen molar-refractivity contribution in [1.82, 2.24) is 9.38 Å². The van der Waals surface area contributed by atoms with Gasteiger partial charge >= 0.3 is 5.97 Å². The number of aromatic carboxylic acids is 1. The van der Waals surface area contributed by atoms with Gasteiger partial charge in [-0.2, -0.15) is 0 Å². The molecule has 0 saturated carbocycles. The van der Waals surface area contributed by atoms with Gasteiger partial charge in [0.15, 0.2) is 10.7 Å². The third-order valence-corrected chi connectivity index (χ3v) is 4.61. The predicted molar refractivity (Wildman–Crippen MR) is 88.9 cm³/mol. The van der Waals surface area contributed by atoms with Crippen LogP contribution in [0.15, 0.2) is 23.6 Å². The van der Waals surface area contributed by atoms with Crippen LogP contribution in [0.3, 0.4) is 0 Å². The summed E-state index contributed by atoms with van der Waals surface area (Å²) in [4.78, 5) is 17.0. The molecule has 0 amide bonds. The summed E-state index contributed by atoms with van der Waals surface area (Å²) in [5.41, 5.74) is 5.27. The highest BCUT2D eigenvalue weighted by Crippen LogP contribution is 2.31. The van der Waals surface area contributed by atoms with Crippen LogP contribution in [0.4, 0.5) is 0 Å². The Hall–Kier alpha value is -2.14. The Labute approximate surface area is 133 Å². The van der Waals surface area contributed by atoms with Gasteiger partial charge in [-0.15, -0.1) is 11.3 Å². The highest BCUT2D eigenvalue weighted by Gasteiger charge is 2.22. The Balaban J connectivity index is 2.29. The van der Waals surface area contributed by atoms with Crippen LogP contribution in [0.25, 0.3) is 16.2 Å². The Morgan fingerprint density at radius 3 is 2.77 bits per heavy atom. The molecule has 0 unspecified atom stereocenters. The molecule has 114 valence electrons. The minimum atomic E-state index is -0.916. The molecule has 1 N–H and O–H groups in total. The molecule has 0 saturated heterocycles. The largest absolute Gasteiger partial charge is 0.477 e. The van der Waals surface area contributed by atoms with E-state index in [0.29, 0.717) is 17.8 Å². The van der Waals surface area contributed by atoms with Gasteiger partial charge in [0.05, 0.1) is 11.4 Å². The van der Waals surface area contributed by atoms with Crippen LogP contribution in [0.2, 0.25) is 0 Å². The lowest BCUT2D eigenvalue weighted by atomic mass is 10.0. The number of benzene rings is 1. The summed E-state index contributed by atoms with van der Waals surface area (Å²) in [7, 11) is 0. The number of rotatable bonds is 4. The maximum atomic E-state index is 11.7. The standard InChI is InChI=1S/C17H18N2O2S/c1-4-5-13-15(16(20)21)19-14(9-22-17(19)18-13)12-7-6-10(2)8-11(12)3/h6-9H,4-5H2,1-3H3,(H,20,21). The van der Waals surface area contributed by atoms with Crippen molar-refractivity contribution in [1.29, 1.82) is 0 Å². The van der Waals surface area contributed by atoms with Crippen molar-refractivity contribution in [2.45, 2.75) is 33.6 Å². The van der Waals surface area contributed by atoms with Crippen LogP contribution >= 0.6 is 11.3 Å². The summed E-state index contributed by atoms with van der Waals surface area (Å²) in [6.45, 7) is 6.14. The van der Waals surface area contributed by atoms with E-state index < -0.39 is 5.97 Å². The van der Waals surface area contributed by atoms with Gasteiger partial charge in [-0.1, -0.05) is 37.1 Å². The van der Waals surface area contributed by atoms with Gasteiger partial charge in [0, 0.05) is 10.9 Å². The number of thiazole rings is 1. The molecule has 0 spiro atoms. The molecular formula is C17H18N2O2S. The van der Waals surface area contributed by atoms with Crippen molar-refractivity contribution in [2.75, 3.05) is 0 Å². The molecule has 22 heavy (non-hydrogen) atoms. The third-order valence-electron chi connectivity index (χ3n) is 3.78. The van der Waals surface area contributed by atoms with E-state index in [2.05, 4.69) is 37.0 Å². The number of imidazole rings is 1. The van der Waals surface area contributed by atoms with Crippen molar-refractivity contribution in [3.8, 4) is 11.3 Å². The van der Waals surface area contributed by atoms with Crippen LogP contribution in [0, 0.1) is 13.8 Å². The van der Waals surface area contributed by atoms with Crippen molar-refractivity contribution >= 4 is 22.3 Å². The molecule has 5 heteroatoms. The number of aryl methyl sites for hydroxylation is 3. The first-order valence-corrected chi connectivity index (χ1v) is 8.20. The van der Waals surface area contributed by atoms with Gasteiger partial charge in [-0.3, -0.25) is 4.40 Å². The first kappa shape index (κ1) is 14.8. The average molecular weight is 314 g/mol. The number of aromatic nitrogens is 2. The zero-order chi connectivity index (χ0) is 15.9. The smallest absolute Gasteiger partial charge is 0.354 e. The second kappa shape index (κ2) is 5.57. The van der Waals surface area contributed by atoms with Crippen LogP contribution < -0.4 is 0 Å². The zero-order valence-corrected chi connectivity index (χ0v) is 13.7. The third kappa shape index (κ3) is 2.31. The highest BCUT2D eigenvalue weighted by atomic mass is 32.1. The molecule has 0 bridgehead atoms. The number of hydrogen-bond donors (Lipinski definition) is 1. The monoisotopic (exact) mass is 314 g/mol. The number of hydrogen-bond acceptors (Lipinski definition) is 3. The molecule has 3 rings (SSSR count). The number of carboxylic acid groups (broad SMARTS) is 1. The molecule has 4 nitrogen and oxygen atoms in total. The van der Waals surface area contributed by atoms with Crippen LogP contribution in [-0.4, -0.2) is 20.5 Å². The Bertz CT molecular complexity index is 861. The van der Waals surface area contributed by atoms with Crippen molar-refractivity contribution in [2.24, 2.45) is 0 Å². The first-order chi connectivity index (χ1) is 10.5. The summed E-state index contributed by atoms with van der Waals surface area (Å²) in [6, 6.07) is 6.22.